The lowest BCUT2D eigenvalue weighted by molar-refractivity contribution is 0.173. The Kier molecular flexibility index (Phi) is 2.47. The zero-order valence-corrected chi connectivity index (χ0v) is 8.95. The van der Waals surface area contributed by atoms with E-state index in [-0.39, 0.29) is 12.6 Å². The third-order valence-corrected chi connectivity index (χ3v) is 3.21. The number of halogens is 1. The molecule has 2 atom stereocenters. The van der Waals surface area contributed by atoms with Gasteiger partial charge in [-0.25, -0.2) is 14.4 Å². The summed E-state index contributed by atoms with van der Waals surface area (Å²) >= 11 is 0. The van der Waals surface area contributed by atoms with Crippen molar-refractivity contribution in [3.05, 3.63) is 17.6 Å². The lowest BCUT2D eigenvalue weighted by Gasteiger charge is -2.15. The minimum Gasteiger partial charge on any atom is -0.376 e. The molecule has 3 rings (SSSR count). The van der Waals surface area contributed by atoms with Crippen molar-refractivity contribution in [2.75, 3.05) is 18.5 Å². The Morgan fingerprint density at radius 2 is 2.25 bits per heavy atom. The summed E-state index contributed by atoms with van der Waals surface area (Å²) in [6.07, 6.45) is 3.72. The number of hydrogen-bond donors (Lipinski definition) is 1. The molecule has 0 saturated carbocycles. The van der Waals surface area contributed by atoms with Crippen molar-refractivity contribution in [2.45, 2.75) is 31.5 Å². The van der Waals surface area contributed by atoms with E-state index in [1.807, 2.05) is 0 Å². The first-order chi connectivity index (χ1) is 7.84. The summed E-state index contributed by atoms with van der Waals surface area (Å²) in [5, 5.41) is 3.14. The van der Waals surface area contributed by atoms with Crippen molar-refractivity contribution in [3.63, 3.8) is 0 Å². The van der Waals surface area contributed by atoms with Gasteiger partial charge in [0.2, 0.25) is 0 Å². The fourth-order valence-corrected chi connectivity index (χ4v) is 2.32. The normalized spacial score (nSPS) is 28.1. The number of ether oxygens (including phenoxy) is 1. The standard InChI is InChI=1S/C11H14FN3O/c12-8-4-16-5-10(8)15-11-7-2-1-3-9(7)13-6-14-11/h6,8,10H,1-5H2,(H,13,14,15)/t8-,10-/m1/s1. The molecule has 1 aromatic rings. The van der Waals surface area contributed by atoms with Crippen LogP contribution in [0.15, 0.2) is 6.33 Å². The molecule has 0 radical (unpaired) electrons. The SMILES string of the molecule is F[C@@H]1COC[C@H]1Nc1ncnc2c1CCC2. The van der Waals surface area contributed by atoms with Crippen molar-refractivity contribution in [1.82, 2.24) is 9.97 Å². The van der Waals surface area contributed by atoms with Gasteiger partial charge in [0.25, 0.3) is 0 Å². The van der Waals surface area contributed by atoms with E-state index in [0.717, 1.165) is 36.3 Å². The first-order valence-corrected chi connectivity index (χ1v) is 5.65. The largest absolute Gasteiger partial charge is 0.376 e. The van der Waals surface area contributed by atoms with E-state index in [4.69, 9.17) is 4.74 Å². The summed E-state index contributed by atoms with van der Waals surface area (Å²) in [4.78, 5) is 8.44. The second-order valence-electron chi connectivity index (χ2n) is 4.31. The third-order valence-electron chi connectivity index (χ3n) is 3.21. The highest BCUT2D eigenvalue weighted by molar-refractivity contribution is 5.48. The van der Waals surface area contributed by atoms with Gasteiger partial charge in [0.05, 0.1) is 19.3 Å². The van der Waals surface area contributed by atoms with Crippen LogP contribution in [-0.4, -0.2) is 35.4 Å². The summed E-state index contributed by atoms with van der Waals surface area (Å²) in [6.45, 7) is 0.602. The monoisotopic (exact) mass is 223 g/mol. The maximum atomic E-state index is 13.4. The van der Waals surface area contributed by atoms with Crippen LogP contribution < -0.4 is 5.32 Å². The number of fused-ring (bicyclic) bond motifs is 1. The van der Waals surface area contributed by atoms with Gasteiger partial charge in [-0.1, -0.05) is 0 Å². The maximum absolute atomic E-state index is 13.4. The fraction of sp³-hybridized carbons (Fsp3) is 0.636. The lowest BCUT2D eigenvalue weighted by Crippen LogP contribution is -2.30. The van der Waals surface area contributed by atoms with E-state index >= 15 is 0 Å². The van der Waals surface area contributed by atoms with Crippen molar-refractivity contribution in [1.29, 1.82) is 0 Å². The predicted molar refractivity (Wildman–Crippen MR) is 57.2 cm³/mol. The van der Waals surface area contributed by atoms with Crippen molar-refractivity contribution >= 4 is 5.82 Å². The van der Waals surface area contributed by atoms with E-state index in [1.54, 1.807) is 6.33 Å². The van der Waals surface area contributed by atoms with Crippen LogP contribution in [0.3, 0.4) is 0 Å². The molecule has 1 fully saturated rings. The second kappa shape index (κ2) is 3.97. The number of nitrogens with zero attached hydrogens (tertiary/aromatic N) is 2. The molecule has 0 unspecified atom stereocenters. The molecule has 5 heteroatoms. The molecule has 2 aliphatic rings. The van der Waals surface area contributed by atoms with Crippen molar-refractivity contribution < 1.29 is 9.13 Å². The number of aryl methyl sites for hydroxylation is 1. The molecule has 4 nitrogen and oxygen atoms in total. The number of hydrogen-bond acceptors (Lipinski definition) is 4. The van der Waals surface area contributed by atoms with Crippen LogP contribution in [0.4, 0.5) is 10.2 Å². The number of alkyl halides is 1. The molecule has 0 aromatic carbocycles. The van der Waals surface area contributed by atoms with Gasteiger partial charge < -0.3 is 10.1 Å². The van der Waals surface area contributed by atoms with Crippen molar-refractivity contribution in [2.24, 2.45) is 0 Å². The van der Waals surface area contributed by atoms with Gasteiger partial charge in [-0.05, 0) is 19.3 Å². The molecule has 86 valence electrons. The molecular weight excluding hydrogens is 209 g/mol. The van der Waals surface area contributed by atoms with Gasteiger partial charge >= 0.3 is 0 Å². The third kappa shape index (κ3) is 1.65. The van der Waals surface area contributed by atoms with E-state index in [1.165, 1.54) is 0 Å². The summed E-state index contributed by atoms with van der Waals surface area (Å²) < 4.78 is 18.5. The van der Waals surface area contributed by atoms with Gasteiger partial charge in [-0.2, -0.15) is 0 Å². The van der Waals surface area contributed by atoms with Crippen LogP contribution in [0.1, 0.15) is 17.7 Å². The highest BCUT2D eigenvalue weighted by Crippen LogP contribution is 2.26. The van der Waals surface area contributed by atoms with Gasteiger partial charge in [-0.15, -0.1) is 0 Å². The van der Waals surface area contributed by atoms with Gasteiger partial charge in [0.15, 0.2) is 0 Å². The van der Waals surface area contributed by atoms with Gasteiger partial charge in [0.1, 0.15) is 18.3 Å². The van der Waals surface area contributed by atoms with Crippen LogP contribution in [0.2, 0.25) is 0 Å². The Balaban J connectivity index is 1.82. The van der Waals surface area contributed by atoms with Crippen LogP contribution in [0.5, 0.6) is 0 Å². The molecule has 1 N–H and O–H groups in total. The Morgan fingerprint density at radius 1 is 1.31 bits per heavy atom. The highest BCUT2D eigenvalue weighted by Gasteiger charge is 2.29. The zero-order chi connectivity index (χ0) is 11.0. The smallest absolute Gasteiger partial charge is 0.146 e. The van der Waals surface area contributed by atoms with Crippen LogP contribution >= 0.6 is 0 Å². The molecule has 0 spiro atoms. The molecule has 0 bridgehead atoms. The van der Waals surface area contributed by atoms with Crippen LogP contribution in [0.25, 0.3) is 0 Å². The van der Waals surface area contributed by atoms with Crippen LogP contribution in [0, 0.1) is 0 Å². The fourth-order valence-electron chi connectivity index (χ4n) is 2.32. The summed E-state index contributed by atoms with van der Waals surface area (Å²) in [5.74, 6) is 0.792. The predicted octanol–water partition coefficient (Wildman–Crippen LogP) is 1.11. The Morgan fingerprint density at radius 3 is 3.06 bits per heavy atom. The average Bonchev–Trinajstić information content (AvgIpc) is 2.89. The highest BCUT2D eigenvalue weighted by atomic mass is 19.1. The summed E-state index contributed by atoms with van der Waals surface area (Å²) in [6, 6.07) is -0.264. The molecule has 1 aliphatic heterocycles. The first-order valence-electron chi connectivity index (χ1n) is 5.65. The lowest BCUT2D eigenvalue weighted by atomic mass is 10.2. The molecule has 1 aromatic heterocycles. The molecular formula is C11H14FN3O. The van der Waals surface area contributed by atoms with E-state index in [9.17, 15) is 4.39 Å². The summed E-state index contributed by atoms with van der Waals surface area (Å²) in [7, 11) is 0. The topological polar surface area (TPSA) is 47.0 Å². The average molecular weight is 223 g/mol. The number of anilines is 1. The van der Waals surface area contributed by atoms with Gasteiger partial charge in [0, 0.05) is 11.3 Å². The Labute approximate surface area is 93.2 Å². The van der Waals surface area contributed by atoms with E-state index in [0.29, 0.717) is 6.61 Å². The minimum atomic E-state index is -0.938. The molecule has 0 amide bonds. The molecule has 16 heavy (non-hydrogen) atoms. The van der Waals surface area contributed by atoms with E-state index < -0.39 is 6.17 Å². The molecule has 1 aliphatic carbocycles. The second-order valence-corrected chi connectivity index (χ2v) is 4.31. The molecule has 2 heterocycles. The first kappa shape index (κ1) is 9.96. The van der Waals surface area contributed by atoms with Crippen molar-refractivity contribution in [3.8, 4) is 0 Å². The van der Waals surface area contributed by atoms with Crippen LogP contribution in [-0.2, 0) is 17.6 Å². The van der Waals surface area contributed by atoms with E-state index in [2.05, 4.69) is 15.3 Å². The quantitative estimate of drug-likeness (QED) is 0.816. The van der Waals surface area contributed by atoms with Gasteiger partial charge in [-0.3, -0.25) is 0 Å². The number of nitrogens with one attached hydrogen (secondary N) is 1. The Hall–Kier alpha value is -1.23. The number of aromatic nitrogens is 2. The zero-order valence-electron chi connectivity index (χ0n) is 8.95. The number of rotatable bonds is 2. The summed E-state index contributed by atoms with van der Waals surface area (Å²) in [5.41, 5.74) is 2.26. The minimum absolute atomic E-state index is 0.185. The molecule has 1 saturated heterocycles. The maximum Gasteiger partial charge on any atom is 0.146 e. The Bertz CT molecular complexity index is 399.